The Kier molecular flexibility index (Phi) is 6.62. The van der Waals surface area contributed by atoms with Crippen LogP contribution in [0.5, 0.6) is 0 Å². The quantitative estimate of drug-likeness (QED) is 0.768. The Morgan fingerprint density at radius 1 is 1.16 bits per heavy atom. The Morgan fingerprint density at radius 2 is 1.95 bits per heavy atom. The molecule has 0 aromatic heterocycles. The fourth-order valence-electron chi connectivity index (χ4n) is 3.76. The van der Waals surface area contributed by atoms with Gasteiger partial charge in [-0.1, -0.05) is 13.3 Å². The van der Waals surface area contributed by atoms with E-state index in [-0.39, 0.29) is 0 Å². The van der Waals surface area contributed by atoms with Crippen molar-refractivity contribution in [2.45, 2.75) is 51.5 Å². The zero-order chi connectivity index (χ0) is 13.5. The van der Waals surface area contributed by atoms with Gasteiger partial charge in [-0.25, -0.2) is 0 Å². The van der Waals surface area contributed by atoms with E-state index < -0.39 is 0 Å². The lowest BCUT2D eigenvalue weighted by atomic mass is 9.97. The zero-order valence-electron chi connectivity index (χ0n) is 12.9. The normalized spacial score (nSPS) is 29.2. The van der Waals surface area contributed by atoms with Crippen LogP contribution in [0.25, 0.3) is 0 Å². The smallest absolute Gasteiger partial charge is 0.0469 e. The lowest BCUT2D eigenvalue weighted by Crippen LogP contribution is -2.35. The third-order valence-electron chi connectivity index (χ3n) is 4.92. The van der Waals surface area contributed by atoms with Gasteiger partial charge in [0.1, 0.15) is 0 Å². The van der Waals surface area contributed by atoms with Gasteiger partial charge < -0.3 is 15.0 Å². The van der Waals surface area contributed by atoms with Gasteiger partial charge in [-0.15, -0.1) is 0 Å². The molecular weight excluding hydrogens is 236 g/mol. The van der Waals surface area contributed by atoms with Crippen molar-refractivity contribution in [1.82, 2.24) is 10.2 Å². The molecule has 1 aliphatic heterocycles. The predicted octanol–water partition coefficient (Wildman–Crippen LogP) is 2.51. The first-order chi connectivity index (χ1) is 9.29. The van der Waals surface area contributed by atoms with Crippen LogP contribution in [0.15, 0.2) is 0 Å². The van der Waals surface area contributed by atoms with E-state index in [1.165, 1.54) is 51.6 Å². The minimum absolute atomic E-state index is 0.793. The molecule has 2 aliphatic rings. The maximum absolute atomic E-state index is 5.44. The highest BCUT2D eigenvalue weighted by molar-refractivity contribution is 4.83. The van der Waals surface area contributed by atoms with Gasteiger partial charge in [-0.05, 0) is 64.1 Å². The van der Waals surface area contributed by atoms with E-state index in [4.69, 9.17) is 4.74 Å². The standard InChI is InChI=1S/C16H32N2O/c1-3-17-16-6-4-5-15(16)7-10-18(2)13-14-8-11-19-12-9-14/h14-17H,3-13H2,1-2H3. The highest BCUT2D eigenvalue weighted by atomic mass is 16.5. The van der Waals surface area contributed by atoms with E-state index in [1.54, 1.807) is 0 Å². The summed E-state index contributed by atoms with van der Waals surface area (Å²) in [6, 6.07) is 0.793. The van der Waals surface area contributed by atoms with E-state index in [0.717, 1.165) is 37.6 Å². The molecule has 1 saturated heterocycles. The first-order valence-corrected chi connectivity index (χ1v) is 8.29. The summed E-state index contributed by atoms with van der Waals surface area (Å²) in [4.78, 5) is 2.55. The summed E-state index contributed by atoms with van der Waals surface area (Å²) in [5, 5.41) is 3.66. The van der Waals surface area contributed by atoms with Crippen LogP contribution < -0.4 is 5.32 Å². The van der Waals surface area contributed by atoms with Crippen molar-refractivity contribution < 1.29 is 4.74 Å². The maximum Gasteiger partial charge on any atom is 0.0469 e. The van der Waals surface area contributed by atoms with Crippen molar-refractivity contribution in [3.05, 3.63) is 0 Å². The predicted molar refractivity (Wildman–Crippen MR) is 80.5 cm³/mol. The average molecular weight is 268 g/mol. The van der Waals surface area contributed by atoms with Gasteiger partial charge in [-0.2, -0.15) is 0 Å². The molecule has 0 bridgehead atoms. The number of rotatable bonds is 7. The SMILES string of the molecule is CCNC1CCCC1CCN(C)CC1CCOCC1. The molecule has 0 radical (unpaired) electrons. The Labute approximate surface area is 119 Å². The molecule has 2 unspecified atom stereocenters. The number of nitrogens with zero attached hydrogens (tertiary/aromatic N) is 1. The first-order valence-electron chi connectivity index (χ1n) is 8.29. The Hall–Kier alpha value is -0.120. The van der Waals surface area contributed by atoms with Crippen LogP contribution in [0.2, 0.25) is 0 Å². The van der Waals surface area contributed by atoms with E-state index in [0.29, 0.717) is 0 Å². The molecule has 1 N–H and O–H groups in total. The van der Waals surface area contributed by atoms with E-state index in [9.17, 15) is 0 Å². The van der Waals surface area contributed by atoms with E-state index >= 15 is 0 Å². The minimum atomic E-state index is 0.793. The van der Waals surface area contributed by atoms with Crippen LogP contribution in [0.4, 0.5) is 0 Å². The van der Waals surface area contributed by atoms with Crippen molar-refractivity contribution >= 4 is 0 Å². The van der Waals surface area contributed by atoms with Gasteiger partial charge in [0, 0.05) is 25.8 Å². The molecule has 1 aliphatic carbocycles. The molecule has 0 aromatic carbocycles. The second-order valence-corrected chi connectivity index (χ2v) is 6.46. The van der Waals surface area contributed by atoms with Crippen molar-refractivity contribution in [3.63, 3.8) is 0 Å². The van der Waals surface area contributed by atoms with Crippen LogP contribution in [0, 0.1) is 11.8 Å². The second kappa shape index (κ2) is 8.23. The molecule has 3 heteroatoms. The van der Waals surface area contributed by atoms with Crippen molar-refractivity contribution in [3.8, 4) is 0 Å². The number of ether oxygens (including phenoxy) is 1. The van der Waals surface area contributed by atoms with Crippen LogP contribution in [0.1, 0.15) is 45.4 Å². The molecule has 2 rings (SSSR count). The van der Waals surface area contributed by atoms with Gasteiger partial charge in [0.2, 0.25) is 0 Å². The molecule has 0 spiro atoms. The van der Waals surface area contributed by atoms with Gasteiger partial charge in [0.25, 0.3) is 0 Å². The van der Waals surface area contributed by atoms with Gasteiger partial charge in [0.15, 0.2) is 0 Å². The molecule has 3 nitrogen and oxygen atoms in total. The van der Waals surface area contributed by atoms with Gasteiger partial charge in [0.05, 0.1) is 0 Å². The van der Waals surface area contributed by atoms with Crippen molar-refractivity contribution in [2.24, 2.45) is 11.8 Å². The first kappa shape index (κ1) is 15.3. The summed E-state index contributed by atoms with van der Waals surface area (Å²) >= 11 is 0. The molecule has 1 heterocycles. The fourth-order valence-corrected chi connectivity index (χ4v) is 3.76. The summed E-state index contributed by atoms with van der Waals surface area (Å²) in [6.07, 6.45) is 8.13. The summed E-state index contributed by atoms with van der Waals surface area (Å²) < 4.78 is 5.44. The van der Waals surface area contributed by atoms with Crippen molar-refractivity contribution in [1.29, 1.82) is 0 Å². The third-order valence-corrected chi connectivity index (χ3v) is 4.92. The molecule has 19 heavy (non-hydrogen) atoms. The molecule has 0 amide bonds. The van der Waals surface area contributed by atoms with Crippen LogP contribution in [0.3, 0.4) is 0 Å². The van der Waals surface area contributed by atoms with Crippen LogP contribution >= 0.6 is 0 Å². The minimum Gasteiger partial charge on any atom is -0.381 e. The van der Waals surface area contributed by atoms with Crippen LogP contribution in [-0.4, -0.2) is 50.8 Å². The molecule has 1 saturated carbocycles. The highest BCUT2D eigenvalue weighted by Gasteiger charge is 2.26. The lowest BCUT2D eigenvalue weighted by molar-refractivity contribution is 0.0550. The number of hydrogen-bond acceptors (Lipinski definition) is 3. The molecule has 112 valence electrons. The van der Waals surface area contributed by atoms with Crippen LogP contribution in [-0.2, 0) is 4.74 Å². The summed E-state index contributed by atoms with van der Waals surface area (Å²) in [5.74, 6) is 1.78. The largest absolute Gasteiger partial charge is 0.381 e. The topological polar surface area (TPSA) is 24.5 Å². The number of nitrogens with one attached hydrogen (secondary N) is 1. The molecular formula is C16H32N2O. The Balaban J connectivity index is 1.63. The monoisotopic (exact) mass is 268 g/mol. The Morgan fingerprint density at radius 3 is 2.68 bits per heavy atom. The summed E-state index contributed by atoms with van der Waals surface area (Å²) in [5.41, 5.74) is 0. The molecule has 2 atom stereocenters. The van der Waals surface area contributed by atoms with Gasteiger partial charge >= 0.3 is 0 Å². The molecule has 2 fully saturated rings. The summed E-state index contributed by atoms with van der Waals surface area (Å²) in [7, 11) is 2.30. The summed E-state index contributed by atoms with van der Waals surface area (Å²) in [6.45, 7) is 7.84. The average Bonchev–Trinajstić information content (AvgIpc) is 2.85. The third kappa shape index (κ3) is 5.05. The van der Waals surface area contributed by atoms with Crippen molar-refractivity contribution in [2.75, 3.05) is 39.9 Å². The zero-order valence-corrected chi connectivity index (χ0v) is 12.9. The fraction of sp³-hybridized carbons (Fsp3) is 1.00. The second-order valence-electron chi connectivity index (χ2n) is 6.46. The lowest BCUT2D eigenvalue weighted by Gasteiger charge is -2.28. The molecule has 0 aromatic rings. The maximum atomic E-state index is 5.44. The van der Waals surface area contributed by atoms with Gasteiger partial charge in [-0.3, -0.25) is 0 Å². The number of hydrogen-bond donors (Lipinski definition) is 1. The van der Waals surface area contributed by atoms with E-state index in [1.807, 2.05) is 0 Å². The Bertz CT molecular complexity index is 241. The van der Waals surface area contributed by atoms with E-state index in [2.05, 4.69) is 24.2 Å². The highest BCUT2D eigenvalue weighted by Crippen LogP contribution is 2.28.